The molecule has 0 N–H and O–H groups in total. The van der Waals surface area contributed by atoms with Crippen molar-refractivity contribution < 1.29 is 0 Å². The summed E-state index contributed by atoms with van der Waals surface area (Å²) in [7, 11) is 0. The van der Waals surface area contributed by atoms with Gasteiger partial charge in [-0.2, -0.15) is 0 Å². The van der Waals surface area contributed by atoms with Gasteiger partial charge in [-0.15, -0.1) is 0 Å². The van der Waals surface area contributed by atoms with Crippen LogP contribution in [0.4, 0.5) is 28.4 Å². The van der Waals surface area contributed by atoms with E-state index in [1.807, 2.05) is 0 Å². The van der Waals surface area contributed by atoms with Crippen LogP contribution in [0.15, 0.2) is 309 Å². The van der Waals surface area contributed by atoms with Gasteiger partial charge in [0, 0.05) is 28.2 Å². The van der Waals surface area contributed by atoms with Crippen LogP contribution in [-0.4, -0.2) is 6.04 Å². The molecule has 1 atom stereocenters. The number of anilines is 5. The Bertz CT molecular complexity index is 3600. The van der Waals surface area contributed by atoms with Crippen LogP contribution in [0, 0.1) is 0 Å². The van der Waals surface area contributed by atoms with Crippen LogP contribution in [0.3, 0.4) is 0 Å². The van der Waals surface area contributed by atoms with E-state index in [9.17, 15) is 0 Å². The minimum absolute atomic E-state index is 0.00835. The highest BCUT2D eigenvalue weighted by molar-refractivity contribution is 5.97. The second kappa shape index (κ2) is 21.1. The highest BCUT2D eigenvalue weighted by Crippen LogP contribution is 2.49. The van der Waals surface area contributed by atoms with Gasteiger partial charge in [0.1, 0.15) is 0 Å². The highest BCUT2D eigenvalue weighted by Gasteiger charge is 2.27. The Kier molecular flexibility index (Phi) is 13.0. The Morgan fingerprint density at radius 2 is 0.581 bits per heavy atom. The van der Waals surface area contributed by atoms with Gasteiger partial charge >= 0.3 is 0 Å². The monoisotopic (exact) mass is 946 g/mol. The first-order valence-electron chi connectivity index (χ1n) is 25.6. The molecule has 12 rings (SSSR count). The lowest BCUT2D eigenvalue weighted by Gasteiger charge is -2.36. The second-order valence-corrected chi connectivity index (χ2v) is 18.8. The van der Waals surface area contributed by atoms with Gasteiger partial charge in [-0.3, -0.25) is 0 Å². The third kappa shape index (κ3) is 9.65. The van der Waals surface area contributed by atoms with E-state index >= 15 is 0 Å². The summed E-state index contributed by atoms with van der Waals surface area (Å²) in [5.41, 5.74) is 21.9. The number of nitrogens with zero attached hydrogens (tertiary/aromatic N) is 2. The molecule has 11 aromatic rings. The molecule has 2 nitrogen and oxygen atoms in total. The van der Waals surface area contributed by atoms with Gasteiger partial charge in [0.2, 0.25) is 0 Å². The maximum absolute atomic E-state index is 2.58. The summed E-state index contributed by atoms with van der Waals surface area (Å²) < 4.78 is 0. The first-order chi connectivity index (χ1) is 36.7. The average molecular weight is 947 g/mol. The van der Waals surface area contributed by atoms with Gasteiger partial charge in [0.15, 0.2) is 0 Å². The fourth-order valence-electron chi connectivity index (χ4n) is 10.4. The minimum atomic E-state index is 0.00835. The molecule has 1 unspecified atom stereocenters. The highest BCUT2D eigenvalue weighted by atomic mass is 15.2. The van der Waals surface area contributed by atoms with Crippen molar-refractivity contribution >= 4 is 34.0 Å². The second-order valence-electron chi connectivity index (χ2n) is 18.8. The SMILES string of the molecule is C1=CC(N(c2ccc(-c3ccccc3)cc2)c2cc(-c3ccccc3)ccc2-c2ccc(-c3ccccc3)cc2N(c2ccc(-c3ccccc3)cc2)c2ccc(-c3ccccc3)cc2)CC=C1c1ccccc1. The zero-order valence-electron chi connectivity index (χ0n) is 41.1. The van der Waals surface area contributed by atoms with Crippen LogP contribution in [0.5, 0.6) is 0 Å². The molecular weight excluding hydrogens is 893 g/mol. The molecule has 0 saturated carbocycles. The molecule has 0 aromatic heterocycles. The number of allylic oxidation sites excluding steroid dienone is 2. The maximum Gasteiger partial charge on any atom is 0.0560 e. The molecule has 11 aromatic carbocycles. The van der Waals surface area contributed by atoms with E-state index in [0.29, 0.717) is 0 Å². The summed E-state index contributed by atoms with van der Waals surface area (Å²) in [6.45, 7) is 0. The van der Waals surface area contributed by atoms with E-state index in [4.69, 9.17) is 0 Å². The van der Waals surface area contributed by atoms with Crippen molar-refractivity contribution in [2.24, 2.45) is 0 Å². The summed E-state index contributed by atoms with van der Waals surface area (Å²) in [5, 5.41) is 0. The molecule has 0 aliphatic heterocycles. The van der Waals surface area contributed by atoms with Crippen molar-refractivity contribution in [1.82, 2.24) is 0 Å². The lowest BCUT2D eigenvalue weighted by atomic mass is 9.91. The molecule has 0 spiro atoms. The molecule has 0 radical (unpaired) electrons. The Morgan fingerprint density at radius 3 is 0.959 bits per heavy atom. The predicted octanol–water partition coefficient (Wildman–Crippen LogP) is 19.7. The Labute approximate surface area is 435 Å². The molecule has 352 valence electrons. The lowest BCUT2D eigenvalue weighted by molar-refractivity contribution is 0.788. The summed E-state index contributed by atoms with van der Waals surface area (Å²) in [5.74, 6) is 0. The molecule has 0 bridgehead atoms. The largest absolute Gasteiger partial charge is 0.334 e. The zero-order chi connectivity index (χ0) is 49.5. The van der Waals surface area contributed by atoms with Crippen LogP contribution in [0.1, 0.15) is 12.0 Å². The molecule has 0 amide bonds. The number of hydrogen-bond donors (Lipinski definition) is 0. The number of hydrogen-bond acceptors (Lipinski definition) is 2. The average Bonchev–Trinajstić information content (AvgIpc) is 3.50. The normalized spacial score (nSPS) is 13.0. The zero-order valence-corrected chi connectivity index (χ0v) is 41.1. The van der Waals surface area contributed by atoms with E-state index in [2.05, 4.69) is 319 Å². The smallest absolute Gasteiger partial charge is 0.0560 e. The molecule has 0 heterocycles. The minimum Gasteiger partial charge on any atom is -0.334 e. The third-order valence-corrected chi connectivity index (χ3v) is 14.2. The van der Waals surface area contributed by atoms with Crippen LogP contribution in [0.2, 0.25) is 0 Å². The summed E-state index contributed by atoms with van der Waals surface area (Å²) in [6.07, 6.45) is 7.95. The molecule has 1 aliphatic rings. The van der Waals surface area contributed by atoms with Gasteiger partial charge in [0.25, 0.3) is 0 Å². The molecule has 0 fully saturated rings. The lowest BCUT2D eigenvalue weighted by Crippen LogP contribution is -2.30. The summed E-state index contributed by atoms with van der Waals surface area (Å²) in [6, 6.07) is 106. The fourth-order valence-corrected chi connectivity index (χ4v) is 10.4. The van der Waals surface area contributed by atoms with E-state index < -0.39 is 0 Å². The van der Waals surface area contributed by atoms with Gasteiger partial charge in [-0.05, 0) is 122 Å². The standard InChI is InChI=1S/C72H54N2/c1-7-19-53(20-8-1)59-31-41-65(42-32-59)73(66-43-33-60(34-44-66)54-21-9-2-10-22-54)71-51-63(57-27-15-5-16-28-57)39-49-69(71)70-50-40-64(58-29-17-6-18-30-58)52-72(70)74(67-45-35-61(36-46-67)55-23-11-3-12-24-55)68-47-37-62(38-48-68)56-25-13-4-14-26-56/h1-47,49-52,68H,48H2. The van der Waals surface area contributed by atoms with E-state index in [1.54, 1.807) is 0 Å². The Morgan fingerprint density at radius 1 is 0.270 bits per heavy atom. The number of rotatable bonds is 13. The van der Waals surface area contributed by atoms with E-state index in [1.165, 1.54) is 50.1 Å². The summed E-state index contributed by atoms with van der Waals surface area (Å²) >= 11 is 0. The maximum atomic E-state index is 2.58. The molecule has 0 saturated heterocycles. The van der Waals surface area contributed by atoms with Crippen LogP contribution >= 0.6 is 0 Å². The third-order valence-electron chi connectivity index (χ3n) is 14.2. The van der Waals surface area contributed by atoms with Gasteiger partial charge in [-0.25, -0.2) is 0 Å². The molecule has 1 aliphatic carbocycles. The van der Waals surface area contributed by atoms with E-state index in [-0.39, 0.29) is 6.04 Å². The first kappa shape index (κ1) is 45.6. The van der Waals surface area contributed by atoms with Crippen molar-refractivity contribution in [2.45, 2.75) is 12.5 Å². The van der Waals surface area contributed by atoms with Gasteiger partial charge < -0.3 is 9.80 Å². The molecule has 74 heavy (non-hydrogen) atoms. The topological polar surface area (TPSA) is 6.48 Å². The first-order valence-corrected chi connectivity index (χ1v) is 25.6. The quantitative estimate of drug-likeness (QED) is 0.114. The van der Waals surface area contributed by atoms with Crippen molar-refractivity contribution in [3.05, 3.63) is 315 Å². The molecule has 2 heteroatoms. The van der Waals surface area contributed by atoms with Gasteiger partial charge in [-0.1, -0.05) is 261 Å². The molecular formula is C72H54N2. The fraction of sp³-hybridized carbons (Fsp3) is 0.0278. The van der Waals surface area contributed by atoms with Crippen molar-refractivity contribution in [3.63, 3.8) is 0 Å². The predicted molar refractivity (Wildman–Crippen MR) is 314 cm³/mol. The van der Waals surface area contributed by atoms with Gasteiger partial charge in [0.05, 0.1) is 17.4 Å². The Balaban J connectivity index is 1.09. The van der Waals surface area contributed by atoms with Crippen LogP contribution < -0.4 is 9.80 Å². The van der Waals surface area contributed by atoms with Crippen molar-refractivity contribution in [1.29, 1.82) is 0 Å². The van der Waals surface area contributed by atoms with Crippen LogP contribution in [-0.2, 0) is 0 Å². The van der Waals surface area contributed by atoms with Crippen LogP contribution in [0.25, 0.3) is 72.3 Å². The number of benzene rings is 11. The summed E-state index contributed by atoms with van der Waals surface area (Å²) in [4.78, 5) is 5.03. The van der Waals surface area contributed by atoms with Crippen molar-refractivity contribution in [3.8, 4) is 66.8 Å². The van der Waals surface area contributed by atoms with Crippen molar-refractivity contribution in [2.75, 3.05) is 9.80 Å². The Hall–Kier alpha value is -9.50. The van der Waals surface area contributed by atoms with E-state index in [0.717, 1.165) is 62.7 Å².